The Kier molecular flexibility index (Phi) is 7.91. The number of anilines is 3. The lowest BCUT2D eigenvalue weighted by atomic mass is 10.0. The van der Waals surface area contributed by atoms with Crippen molar-refractivity contribution in [3.63, 3.8) is 0 Å². The SMILES string of the molecule is c1ccc(-c2ccc(N(c3ccc(-c4ccc5c6ccccc6n(-c6ccccc6)c5c4)cc3)c3ccc(-c4ccc5c6cccc7c8ccccc8n(c5c4)c76)cc3)cc2)cc1. The Morgan fingerprint density at radius 2 is 0.651 bits per heavy atom. The Bertz CT molecular complexity index is 3800. The second-order valence-electron chi connectivity index (χ2n) is 16.5. The van der Waals surface area contributed by atoms with Crippen LogP contribution in [-0.4, -0.2) is 8.97 Å². The quantitative estimate of drug-likeness (QED) is 0.156. The molecule has 0 spiro atoms. The van der Waals surface area contributed by atoms with Crippen LogP contribution in [0, 0.1) is 0 Å². The molecule has 0 radical (unpaired) electrons. The number of rotatable bonds is 7. The zero-order chi connectivity index (χ0) is 41.4. The summed E-state index contributed by atoms with van der Waals surface area (Å²) in [5.74, 6) is 0. The molecule has 0 N–H and O–H groups in total. The third-order valence-electron chi connectivity index (χ3n) is 13.1. The fourth-order valence-corrected chi connectivity index (χ4v) is 10.1. The van der Waals surface area contributed by atoms with Crippen LogP contribution in [0.1, 0.15) is 0 Å². The van der Waals surface area contributed by atoms with Crippen molar-refractivity contribution in [1.82, 2.24) is 8.97 Å². The molecule has 3 heterocycles. The molecule has 0 aliphatic carbocycles. The zero-order valence-electron chi connectivity index (χ0n) is 34.4. The van der Waals surface area contributed by atoms with Crippen molar-refractivity contribution < 1.29 is 0 Å². The molecule has 0 unspecified atom stereocenters. The fraction of sp³-hybridized carbons (Fsp3) is 0. The van der Waals surface area contributed by atoms with Crippen LogP contribution in [0.3, 0.4) is 0 Å². The van der Waals surface area contributed by atoms with Gasteiger partial charge in [0.2, 0.25) is 0 Å². The van der Waals surface area contributed by atoms with E-state index in [9.17, 15) is 0 Å². The second kappa shape index (κ2) is 14.1. The van der Waals surface area contributed by atoms with Crippen LogP contribution in [-0.2, 0) is 0 Å². The van der Waals surface area contributed by atoms with Crippen molar-refractivity contribution in [3.8, 4) is 39.1 Å². The summed E-state index contributed by atoms with van der Waals surface area (Å²) in [5, 5.41) is 7.71. The van der Waals surface area contributed by atoms with E-state index in [0.717, 1.165) is 22.7 Å². The Labute approximate surface area is 364 Å². The highest BCUT2D eigenvalue weighted by molar-refractivity contribution is 6.23. The van der Waals surface area contributed by atoms with Gasteiger partial charge in [-0.25, -0.2) is 0 Å². The van der Waals surface area contributed by atoms with E-state index < -0.39 is 0 Å². The number of hydrogen-bond donors (Lipinski definition) is 0. The average molecular weight is 802 g/mol. The molecule has 0 bridgehead atoms. The van der Waals surface area contributed by atoms with Gasteiger partial charge in [0.25, 0.3) is 0 Å². The predicted octanol–water partition coefficient (Wildman–Crippen LogP) is 16.4. The Morgan fingerprint density at radius 1 is 0.254 bits per heavy atom. The van der Waals surface area contributed by atoms with E-state index >= 15 is 0 Å². The van der Waals surface area contributed by atoms with Gasteiger partial charge in [0.05, 0.1) is 27.6 Å². The van der Waals surface area contributed by atoms with Crippen molar-refractivity contribution in [2.45, 2.75) is 0 Å². The molecule has 3 nitrogen and oxygen atoms in total. The lowest BCUT2D eigenvalue weighted by Crippen LogP contribution is -2.09. The maximum Gasteiger partial charge on any atom is 0.0620 e. The highest BCUT2D eigenvalue weighted by atomic mass is 15.1. The molecule has 0 atom stereocenters. The third-order valence-corrected chi connectivity index (χ3v) is 13.1. The smallest absolute Gasteiger partial charge is 0.0620 e. The maximum absolute atomic E-state index is 2.46. The molecule has 13 aromatic rings. The normalized spacial score (nSPS) is 11.8. The largest absolute Gasteiger partial charge is 0.311 e. The first-order valence-electron chi connectivity index (χ1n) is 21.7. The minimum atomic E-state index is 1.09. The van der Waals surface area contributed by atoms with Crippen molar-refractivity contribution in [2.24, 2.45) is 0 Å². The number of benzene rings is 10. The Morgan fingerprint density at radius 3 is 1.24 bits per heavy atom. The highest BCUT2D eigenvalue weighted by Crippen LogP contribution is 2.42. The lowest BCUT2D eigenvalue weighted by molar-refractivity contribution is 1.18. The van der Waals surface area contributed by atoms with Crippen molar-refractivity contribution >= 4 is 77.0 Å². The van der Waals surface area contributed by atoms with E-state index in [-0.39, 0.29) is 0 Å². The molecule has 0 saturated carbocycles. The van der Waals surface area contributed by atoms with Gasteiger partial charge in [0.1, 0.15) is 0 Å². The first-order chi connectivity index (χ1) is 31.2. The standard InChI is InChI=1S/C60H39N3/c1-3-12-40(13-4-1)41-22-30-47(31-23-41)61(48-32-24-42(25-33-48)44-28-36-52-50-16-7-9-20-56(50)62(58(52)38-44)46-14-5-2-6-15-46)49-34-26-43(27-35-49)45-29-37-53-55-19-11-18-54-51-17-8-10-21-57(51)63(60(54)55)59(53)39-45/h1-39H. The molecule has 63 heavy (non-hydrogen) atoms. The number of para-hydroxylation sites is 4. The number of hydrogen-bond acceptors (Lipinski definition) is 1. The van der Waals surface area contributed by atoms with E-state index in [4.69, 9.17) is 0 Å². The average Bonchev–Trinajstić information content (AvgIpc) is 4.00. The summed E-state index contributed by atoms with van der Waals surface area (Å²) >= 11 is 0. The van der Waals surface area contributed by atoms with Gasteiger partial charge in [-0.05, 0) is 106 Å². The minimum Gasteiger partial charge on any atom is -0.311 e. The molecular formula is C60H39N3. The minimum absolute atomic E-state index is 1.09. The maximum atomic E-state index is 2.46. The summed E-state index contributed by atoms with van der Waals surface area (Å²) in [7, 11) is 0. The van der Waals surface area contributed by atoms with Crippen LogP contribution in [0.15, 0.2) is 237 Å². The van der Waals surface area contributed by atoms with Crippen LogP contribution in [0.4, 0.5) is 17.1 Å². The first-order valence-corrected chi connectivity index (χ1v) is 21.7. The van der Waals surface area contributed by atoms with E-state index in [0.29, 0.717) is 0 Å². The number of nitrogens with zero attached hydrogens (tertiary/aromatic N) is 3. The van der Waals surface area contributed by atoms with Crippen molar-refractivity contribution in [2.75, 3.05) is 4.90 Å². The van der Waals surface area contributed by atoms with Crippen LogP contribution >= 0.6 is 0 Å². The summed E-state index contributed by atoms with van der Waals surface area (Å²) in [6.07, 6.45) is 0. The zero-order valence-corrected chi connectivity index (χ0v) is 34.4. The molecule has 0 aliphatic heterocycles. The topological polar surface area (TPSA) is 12.6 Å². The summed E-state index contributed by atoms with van der Waals surface area (Å²) in [4.78, 5) is 2.36. The van der Waals surface area contributed by atoms with Gasteiger partial charge in [0.15, 0.2) is 0 Å². The Balaban J connectivity index is 0.894. The molecule has 0 amide bonds. The summed E-state index contributed by atoms with van der Waals surface area (Å²) in [5.41, 5.74) is 17.8. The van der Waals surface area contributed by atoms with Crippen LogP contribution < -0.4 is 4.90 Å². The molecule has 3 heteroatoms. The third kappa shape index (κ3) is 5.60. The predicted molar refractivity (Wildman–Crippen MR) is 266 cm³/mol. The Hall–Kier alpha value is -8.40. The molecule has 294 valence electrons. The molecule has 0 aliphatic rings. The van der Waals surface area contributed by atoms with Gasteiger partial charge < -0.3 is 13.9 Å². The monoisotopic (exact) mass is 801 g/mol. The second-order valence-corrected chi connectivity index (χ2v) is 16.5. The summed E-state index contributed by atoms with van der Waals surface area (Å²) in [6, 6.07) is 86.3. The molecular weight excluding hydrogens is 763 g/mol. The van der Waals surface area contributed by atoms with Gasteiger partial charge in [-0.3, -0.25) is 0 Å². The molecule has 0 saturated heterocycles. The van der Waals surface area contributed by atoms with Gasteiger partial charge >= 0.3 is 0 Å². The van der Waals surface area contributed by atoms with Gasteiger partial charge in [-0.15, -0.1) is 0 Å². The van der Waals surface area contributed by atoms with Crippen molar-refractivity contribution in [3.05, 3.63) is 237 Å². The summed E-state index contributed by atoms with van der Waals surface area (Å²) in [6.45, 7) is 0. The van der Waals surface area contributed by atoms with Crippen molar-refractivity contribution in [1.29, 1.82) is 0 Å². The van der Waals surface area contributed by atoms with E-state index in [1.54, 1.807) is 0 Å². The first kappa shape index (κ1) is 35.4. The fourth-order valence-electron chi connectivity index (χ4n) is 10.1. The molecule has 13 rings (SSSR count). The molecule has 0 fully saturated rings. The van der Waals surface area contributed by atoms with Crippen LogP contribution in [0.25, 0.3) is 99.0 Å². The number of aromatic nitrogens is 2. The summed E-state index contributed by atoms with van der Waals surface area (Å²) < 4.78 is 4.84. The van der Waals surface area contributed by atoms with Crippen LogP contribution in [0.2, 0.25) is 0 Å². The van der Waals surface area contributed by atoms with E-state index in [1.807, 2.05) is 0 Å². The van der Waals surface area contributed by atoms with E-state index in [2.05, 4.69) is 250 Å². The van der Waals surface area contributed by atoms with Gasteiger partial charge in [-0.1, -0.05) is 164 Å². The molecule has 10 aromatic carbocycles. The molecule has 3 aromatic heterocycles. The highest BCUT2D eigenvalue weighted by Gasteiger charge is 2.19. The van der Waals surface area contributed by atoms with Crippen LogP contribution in [0.5, 0.6) is 0 Å². The van der Waals surface area contributed by atoms with Gasteiger partial charge in [0, 0.05) is 55.1 Å². The number of fused-ring (bicyclic) bond motifs is 9. The lowest BCUT2D eigenvalue weighted by Gasteiger charge is -2.26. The van der Waals surface area contributed by atoms with E-state index in [1.165, 1.54) is 93.3 Å². The van der Waals surface area contributed by atoms with Gasteiger partial charge in [-0.2, -0.15) is 0 Å².